The third kappa shape index (κ3) is 3.48. The van der Waals surface area contributed by atoms with Gasteiger partial charge in [0.15, 0.2) is 5.78 Å². The minimum absolute atomic E-state index is 0.00124. The summed E-state index contributed by atoms with van der Waals surface area (Å²) < 4.78 is 8.73. The second-order valence-corrected chi connectivity index (χ2v) is 9.32. The van der Waals surface area contributed by atoms with Crippen molar-refractivity contribution in [3.05, 3.63) is 100 Å². The minimum atomic E-state index is -0.602. The van der Waals surface area contributed by atoms with Gasteiger partial charge in [0.2, 0.25) is 0 Å². The number of fused-ring (bicyclic) bond motifs is 3. The van der Waals surface area contributed by atoms with Crippen LogP contribution in [0.2, 0.25) is 5.02 Å². The summed E-state index contributed by atoms with van der Waals surface area (Å²) in [6, 6.07) is 17.9. The van der Waals surface area contributed by atoms with E-state index < -0.39 is 6.10 Å². The number of carbonyl (C=O) groups excluding carboxylic acids is 1. The monoisotopic (exact) mass is 457 g/mol. The number of hydrogen-bond acceptors (Lipinski definition) is 4. The Hall–Kier alpha value is -2.99. The van der Waals surface area contributed by atoms with Crippen LogP contribution in [0.4, 0.5) is 0 Å². The molecule has 1 atom stereocenters. The molecule has 6 heteroatoms. The van der Waals surface area contributed by atoms with E-state index in [1.54, 1.807) is 12.4 Å². The van der Waals surface area contributed by atoms with E-state index >= 15 is 0 Å². The summed E-state index contributed by atoms with van der Waals surface area (Å²) >= 11 is 6.34. The molecule has 4 aromatic rings. The Morgan fingerprint density at radius 3 is 2.73 bits per heavy atom. The predicted octanol–water partition coefficient (Wildman–Crippen LogP) is 5.27. The lowest BCUT2D eigenvalue weighted by atomic mass is 9.84. The molecule has 2 aromatic carbocycles. The fourth-order valence-electron chi connectivity index (χ4n) is 5.32. The molecule has 4 heterocycles. The molecule has 1 fully saturated rings. The third-order valence-electron chi connectivity index (χ3n) is 6.94. The lowest BCUT2D eigenvalue weighted by Crippen LogP contribution is -2.40. The van der Waals surface area contributed by atoms with Crippen molar-refractivity contribution in [1.82, 2.24) is 14.9 Å². The van der Waals surface area contributed by atoms with Gasteiger partial charge in [0.05, 0.1) is 11.1 Å². The van der Waals surface area contributed by atoms with Crippen molar-refractivity contribution in [3.63, 3.8) is 0 Å². The van der Waals surface area contributed by atoms with Gasteiger partial charge in [-0.25, -0.2) is 0 Å². The van der Waals surface area contributed by atoms with Crippen LogP contribution in [-0.2, 0) is 16.9 Å². The van der Waals surface area contributed by atoms with Crippen LogP contribution < -0.4 is 5.32 Å². The molecule has 2 aromatic heterocycles. The highest BCUT2D eigenvalue weighted by Crippen LogP contribution is 2.49. The number of nitrogens with one attached hydrogen (secondary N) is 1. The zero-order valence-electron chi connectivity index (χ0n) is 18.1. The lowest BCUT2D eigenvalue weighted by Gasteiger charge is -2.34. The van der Waals surface area contributed by atoms with Gasteiger partial charge in [-0.15, -0.1) is 0 Å². The van der Waals surface area contributed by atoms with Crippen LogP contribution in [0.25, 0.3) is 10.9 Å². The summed E-state index contributed by atoms with van der Waals surface area (Å²) in [5.74, 6) is -0.00124. The molecule has 2 aliphatic rings. The standard InChI is InChI=1S/C27H24ClN3O2/c28-19-5-6-20-22(17-31(24(20)15-19)16-18-7-11-29-12-8-18)25(32)26-21-3-1-2-4-23(21)27(33-26)9-13-30-14-10-27/h1-8,11-12,15,17,26,30H,9-10,13-14,16H2/t26-/m1/s1. The van der Waals surface area contributed by atoms with Gasteiger partial charge in [-0.1, -0.05) is 41.9 Å². The fraction of sp³-hybridized carbons (Fsp3) is 0.259. The molecule has 0 unspecified atom stereocenters. The maximum Gasteiger partial charge on any atom is 0.198 e. The van der Waals surface area contributed by atoms with Crippen molar-refractivity contribution in [1.29, 1.82) is 0 Å². The SMILES string of the molecule is O=C(c1cn(Cc2ccncc2)c2cc(Cl)ccc12)[C@@H]1OC2(CCNCC2)c2ccccc21. The van der Waals surface area contributed by atoms with E-state index in [0.717, 1.165) is 53.5 Å². The van der Waals surface area contributed by atoms with Crippen LogP contribution in [0, 0.1) is 0 Å². The van der Waals surface area contributed by atoms with Crippen molar-refractivity contribution in [3.8, 4) is 0 Å². The predicted molar refractivity (Wildman–Crippen MR) is 129 cm³/mol. The van der Waals surface area contributed by atoms with Gasteiger partial charge in [-0.2, -0.15) is 0 Å². The second-order valence-electron chi connectivity index (χ2n) is 8.88. The number of benzene rings is 2. The van der Waals surface area contributed by atoms with Crippen LogP contribution in [0.3, 0.4) is 0 Å². The van der Waals surface area contributed by atoms with Crippen LogP contribution in [0.1, 0.15) is 46.0 Å². The number of nitrogens with zero attached hydrogens (tertiary/aromatic N) is 2. The quantitative estimate of drug-likeness (QED) is 0.424. The third-order valence-corrected chi connectivity index (χ3v) is 7.17. The fourth-order valence-corrected chi connectivity index (χ4v) is 5.49. The highest BCUT2D eigenvalue weighted by atomic mass is 35.5. The van der Waals surface area contributed by atoms with Gasteiger partial charge >= 0.3 is 0 Å². The molecule has 166 valence electrons. The molecule has 0 saturated carbocycles. The number of Topliss-reactive ketones (excluding diaryl/α,β-unsaturated/α-hetero) is 1. The zero-order valence-corrected chi connectivity index (χ0v) is 18.9. The van der Waals surface area contributed by atoms with Crippen molar-refractivity contribution < 1.29 is 9.53 Å². The minimum Gasteiger partial charge on any atom is -0.354 e. The molecule has 1 saturated heterocycles. The molecule has 0 radical (unpaired) electrons. The summed E-state index contributed by atoms with van der Waals surface area (Å²) in [6.07, 6.45) is 6.64. The van der Waals surface area contributed by atoms with Crippen LogP contribution in [0.5, 0.6) is 0 Å². The number of pyridine rings is 1. The van der Waals surface area contributed by atoms with Crippen molar-refractivity contribution in [2.24, 2.45) is 0 Å². The van der Waals surface area contributed by atoms with Gasteiger partial charge < -0.3 is 14.6 Å². The Balaban J connectivity index is 1.43. The van der Waals surface area contributed by atoms with E-state index in [4.69, 9.17) is 16.3 Å². The summed E-state index contributed by atoms with van der Waals surface area (Å²) in [5.41, 5.74) is 4.48. The highest BCUT2D eigenvalue weighted by molar-refractivity contribution is 6.31. The molecule has 0 bridgehead atoms. The molecule has 6 rings (SSSR count). The molecule has 0 aliphatic carbocycles. The maximum atomic E-state index is 14.0. The van der Waals surface area contributed by atoms with Crippen molar-refractivity contribution in [2.75, 3.05) is 13.1 Å². The topological polar surface area (TPSA) is 56.2 Å². The first-order chi connectivity index (χ1) is 16.1. The number of hydrogen-bond donors (Lipinski definition) is 1. The van der Waals surface area contributed by atoms with E-state index in [0.29, 0.717) is 17.1 Å². The first-order valence-corrected chi connectivity index (χ1v) is 11.7. The van der Waals surface area contributed by atoms with Gasteiger partial charge in [0, 0.05) is 41.1 Å². The van der Waals surface area contributed by atoms with E-state index in [-0.39, 0.29) is 11.4 Å². The first-order valence-electron chi connectivity index (χ1n) is 11.3. The number of piperidine rings is 1. The molecule has 0 amide bonds. The van der Waals surface area contributed by atoms with Gasteiger partial charge in [0.25, 0.3) is 0 Å². The molecule has 1 N–H and O–H groups in total. The van der Waals surface area contributed by atoms with Gasteiger partial charge in [0.1, 0.15) is 6.10 Å². The number of carbonyl (C=O) groups is 1. The summed E-state index contributed by atoms with van der Waals surface area (Å²) in [4.78, 5) is 18.1. The Morgan fingerprint density at radius 1 is 1.12 bits per heavy atom. The van der Waals surface area contributed by atoms with Crippen LogP contribution >= 0.6 is 11.6 Å². The van der Waals surface area contributed by atoms with Gasteiger partial charge in [-0.3, -0.25) is 9.78 Å². The summed E-state index contributed by atoms with van der Waals surface area (Å²) in [7, 11) is 0. The normalized spacial score (nSPS) is 19.1. The molecule has 2 aliphatic heterocycles. The maximum absolute atomic E-state index is 14.0. The Kier molecular flexibility index (Phi) is 5.06. The average molecular weight is 458 g/mol. The van der Waals surface area contributed by atoms with Crippen LogP contribution in [-0.4, -0.2) is 28.4 Å². The lowest BCUT2D eigenvalue weighted by molar-refractivity contribution is -0.0805. The number of ketones is 1. The zero-order chi connectivity index (χ0) is 22.4. The highest BCUT2D eigenvalue weighted by Gasteiger charge is 2.48. The van der Waals surface area contributed by atoms with Crippen molar-refractivity contribution >= 4 is 28.3 Å². The molecule has 1 spiro atoms. The number of halogens is 1. The number of aromatic nitrogens is 2. The smallest absolute Gasteiger partial charge is 0.198 e. The summed E-state index contributed by atoms with van der Waals surface area (Å²) in [5, 5.41) is 4.95. The van der Waals surface area contributed by atoms with Crippen molar-refractivity contribution in [2.45, 2.75) is 31.1 Å². The first kappa shape index (κ1) is 20.6. The molecular weight excluding hydrogens is 434 g/mol. The molecule has 33 heavy (non-hydrogen) atoms. The average Bonchev–Trinajstić information content (AvgIpc) is 3.36. The van der Waals surface area contributed by atoms with Crippen LogP contribution in [0.15, 0.2) is 73.2 Å². The van der Waals surface area contributed by atoms with E-state index in [9.17, 15) is 4.79 Å². The Labute approximate surface area is 197 Å². The van der Waals surface area contributed by atoms with Gasteiger partial charge in [-0.05, 0) is 66.9 Å². The molecular formula is C27H24ClN3O2. The van der Waals surface area contributed by atoms with E-state index in [2.05, 4.69) is 20.9 Å². The Morgan fingerprint density at radius 2 is 1.91 bits per heavy atom. The van der Waals surface area contributed by atoms with E-state index in [1.165, 1.54) is 0 Å². The largest absolute Gasteiger partial charge is 0.354 e. The second kappa shape index (κ2) is 8.10. The number of ether oxygens (including phenoxy) is 1. The van der Waals surface area contributed by atoms with E-state index in [1.807, 2.05) is 54.7 Å². The number of rotatable bonds is 4. The molecule has 5 nitrogen and oxygen atoms in total. The summed E-state index contributed by atoms with van der Waals surface area (Å²) in [6.45, 7) is 2.41. The Bertz CT molecular complexity index is 1340.